The zero-order valence-corrected chi connectivity index (χ0v) is 18.0. The van der Waals surface area contributed by atoms with Gasteiger partial charge < -0.3 is 10.1 Å². The van der Waals surface area contributed by atoms with Gasteiger partial charge in [-0.15, -0.1) is 0 Å². The standard InChI is InChI=1S/C23H19FN4O6/c1-34-17-10-12(28(32)33)5-7-15(17)27-20(29)18-16-3-2-8-26(16)23(19(18)21(27)30)13-9-11(24)4-6-14(13)25-22(23)31/h4-7,9-10,16,18-19H,2-3,8H2,1H3,(H,25,31)/t16-,18+,19+,23+/m0/s1. The van der Waals surface area contributed by atoms with E-state index >= 15 is 0 Å². The number of nitro groups is 1. The lowest BCUT2D eigenvalue weighted by molar-refractivity contribution is -0.384. The van der Waals surface area contributed by atoms with Crippen molar-refractivity contribution in [1.29, 1.82) is 0 Å². The van der Waals surface area contributed by atoms with Crippen LogP contribution in [0.1, 0.15) is 18.4 Å². The number of fused-ring (bicyclic) bond motifs is 7. The summed E-state index contributed by atoms with van der Waals surface area (Å²) in [6, 6.07) is 7.24. The van der Waals surface area contributed by atoms with Gasteiger partial charge in [-0.2, -0.15) is 0 Å². The van der Waals surface area contributed by atoms with Crippen LogP contribution in [0.3, 0.4) is 0 Å². The molecule has 174 valence electrons. The zero-order chi connectivity index (χ0) is 23.9. The molecule has 34 heavy (non-hydrogen) atoms. The Kier molecular flexibility index (Phi) is 4.16. The molecule has 0 saturated carbocycles. The summed E-state index contributed by atoms with van der Waals surface area (Å²) in [6.07, 6.45) is 1.35. The van der Waals surface area contributed by atoms with E-state index in [1.54, 1.807) is 0 Å². The first-order chi connectivity index (χ1) is 16.3. The molecule has 3 saturated heterocycles. The van der Waals surface area contributed by atoms with Gasteiger partial charge in [0.05, 0.1) is 35.6 Å². The predicted molar refractivity (Wildman–Crippen MR) is 116 cm³/mol. The molecule has 6 rings (SSSR count). The second kappa shape index (κ2) is 6.83. The summed E-state index contributed by atoms with van der Waals surface area (Å²) in [5.74, 6) is -3.97. The van der Waals surface area contributed by atoms with Crippen LogP contribution >= 0.6 is 0 Å². The Balaban J connectivity index is 1.53. The van der Waals surface area contributed by atoms with Crippen molar-refractivity contribution in [2.75, 3.05) is 23.9 Å². The van der Waals surface area contributed by atoms with Gasteiger partial charge in [0, 0.05) is 23.4 Å². The molecule has 1 N–H and O–H groups in total. The lowest BCUT2D eigenvalue weighted by Crippen LogP contribution is -2.54. The third-order valence-electron chi connectivity index (χ3n) is 7.57. The SMILES string of the molecule is COc1cc([N+](=O)[O-])ccc1N1C(=O)[C@@H]2[C@@H]3CCCN3[C@@]3(C(=O)Nc4ccc(F)cc43)[C@H]2C1=O. The highest BCUT2D eigenvalue weighted by Crippen LogP contribution is 2.61. The van der Waals surface area contributed by atoms with E-state index in [0.717, 1.165) is 17.4 Å². The Morgan fingerprint density at radius 3 is 2.71 bits per heavy atom. The number of carbonyl (C=O) groups excluding carboxylic acids is 3. The van der Waals surface area contributed by atoms with Crippen molar-refractivity contribution in [1.82, 2.24) is 4.90 Å². The minimum atomic E-state index is -1.50. The quantitative estimate of drug-likeness (QED) is 0.418. The lowest BCUT2D eigenvalue weighted by Gasteiger charge is -2.36. The second-order valence-electron chi connectivity index (χ2n) is 8.94. The number of non-ortho nitro benzene ring substituents is 1. The van der Waals surface area contributed by atoms with Crippen LogP contribution in [0.2, 0.25) is 0 Å². The molecule has 11 heteroatoms. The fourth-order valence-corrected chi connectivity index (χ4v) is 6.38. The van der Waals surface area contributed by atoms with E-state index in [0.29, 0.717) is 24.2 Å². The van der Waals surface area contributed by atoms with Gasteiger partial charge in [-0.05, 0) is 43.7 Å². The molecule has 4 aliphatic heterocycles. The summed E-state index contributed by atoms with van der Waals surface area (Å²) in [5, 5.41) is 14.0. The van der Waals surface area contributed by atoms with Crippen LogP contribution in [0.15, 0.2) is 36.4 Å². The number of hydrogen-bond donors (Lipinski definition) is 1. The molecule has 1 spiro atoms. The normalized spacial score (nSPS) is 29.4. The summed E-state index contributed by atoms with van der Waals surface area (Å²) < 4.78 is 19.6. The van der Waals surface area contributed by atoms with Crippen molar-refractivity contribution in [3.63, 3.8) is 0 Å². The van der Waals surface area contributed by atoms with E-state index in [-0.39, 0.29) is 23.2 Å². The van der Waals surface area contributed by atoms with E-state index in [1.165, 1.54) is 37.4 Å². The first kappa shape index (κ1) is 20.7. The zero-order valence-electron chi connectivity index (χ0n) is 18.0. The van der Waals surface area contributed by atoms with Gasteiger partial charge in [-0.1, -0.05) is 0 Å². The Morgan fingerprint density at radius 2 is 1.97 bits per heavy atom. The van der Waals surface area contributed by atoms with E-state index in [4.69, 9.17) is 4.74 Å². The van der Waals surface area contributed by atoms with Crippen LogP contribution in [0.25, 0.3) is 0 Å². The van der Waals surface area contributed by atoms with Crippen LogP contribution in [0.4, 0.5) is 21.5 Å². The van der Waals surface area contributed by atoms with Crippen molar-refractivity contribution >= 4 is 34.8 Å². The number of hydrogen-bond acceptors (Lipinski definition) is 7. The molecule has 0 radical (unpaired) electrons. The number of rotatable bonds is 3. The monoisotopic (exact) mass is 466 g/mol. The number of halogens is 1. The van der Waals surface area contributed by atoms with Gasteiger partial charge in [0.15, 0.2) is 0 Å². The van der Waals surface area contributed by atoms with Gasteiger partial charge in [0.2, 0.25) is 17.7 Å². The number of nitro benzene ring substituents is 1. The number of carbonyl (C=O) groups is 3. The predicted octanol–water partition coefficient (Wildman–Crippen LogP) is 2.17. The summed E-state index contributed by atoms with van der Waals surface area (Å²) in [6.45, 7) is 0.502. The number of methoxy groups -OCH3 is 1. The molecule has 2 aromatic rings. The van der Waals surface area contributed by atoms with Gasteiger partial charge >= 0.3 is 0 Å². The van der Waals surface area contributed by atoms with E-state index < -0.39 is 45.8 Å². The molecule has 0 unspecified atom stereocenters. The van der Waals surface area contributed by atoms with Gasteiger partial charge in [0.25, 0.3) is 5.69 Å². The van der Waals surface area contributed by atoms with E-state index in [9.17, 15) is 28.9 Å². The first-order valence-electron chi connectivity index (χ1n) is 10.9. The number of nitrogens with zero attached hydrogens (tertiary/aromatic N) is 3. The average Bonchev–Trinajstić information content (AvgIpc) is 3.52. The third kappa shape index (κ3) is 2.34. The van der Waals surface area contributed by atoms with Crippen molar-refractivity contribution in [2.45, 2.75) is 24.4 Å². The number of amides is 3. The summed E-state index contributed by atoms with van der Waals surface area (Å²) in [4.78, 5) is 54.7. The van der Waals surface area contributed by atoms with Crippen molar-refractivity contribution < 1.29 is 28.4 Å². The Bertz CT molecular complexity index is 1310. The number of anilines is 2. The smallest absolute Gasteiger partial charge is 0.273 e. The molecule has 2 aromatic carbocycles. The largest absolute Gasteiger partial charge is 0.494 e. The number of benzene rings is 2. The van der Waals surface area contributed by atoms with E-state index in [2.05, 4.69) is 5.32 Å². The first-order valence-corrected chi connectivity index (χ1v) is 10.9. The molecule has 0 aliphatic carbocycles. The third-order valence-corrected chi connectivity index (χ3v) is 7.57. The molecule has 10 nitrogen and oxygen atoms in total. The lowest BCUT2D eigenvalue weighted by atomic mass is 9.75. The molecule has 4 aliphatic rings. The summed E-state index contributed by atoms with van der Waals surface area (Å²) in [7, 11) is 1.29. The topological polar surface area (TPSA) is 122 Å². The minimum Gasteiger partial charge on any atom is -0.494 e. The fraction of sp³-hybridized carbons (Fsp3) is 0.348. The Morgan fingerprint density at radius 1 is 1.18 bits per heavy atom. The number of nitrogens with one attached hydrogen (secondary N) is 1. The van der Waals surface area contributed by atoms with Crippen LogP contribution in [-0.4, -0.2) is 47.2 Å². The number of imide groups is 1. The highest BCUT2D eigenvalue weighted by molar-refractivity contribution is 6.26. The molecular weight excluding hydrogens is 447 g/mol. The molecule has 3 amide bonds. The highest BCUT2D eigenvalue weighted by Gasteiger charge is 2.74. The average molecular weight is 466 g/mol. The molecule has 4 atom stereocenters. The minimum absolute atomic E-state index is 0.00415. The molecule has 0 bridgehead atoms. The van der Waals surface area contributed by atoms with Gasteiger partial charge in [0.1, 0.15) is 17.1 Å². The Labute approximate surface area is 192 Å². The molecule has 3 fully saturated rings. The van der Waals surface area contributed by atoms with Crippen LogP contribution < -0.4 is 15.0 Å². The maximum Gasteiger partial charge on any atom is 0.273 e. The summed E-state index contributed by atoms with van der Waals surface area (Å²) >= 11 is 0. The maximum atomic E-state index is 14.3. The fourth-order valence-electron chi connectivity index (χ4n) is 6.38. The van der Waals surface area contributed by atoms with E-state index in [1.807, 2.05) is 4.90 Å². The van der Waals surface area contributed by atoms with Crippen LogP contribution in [0, 0.1) is 27.8 Å². The van der Waals surface area contributed by atoms with Crippen molar-refractivity contribution in [2.24, 2.45) is 11.8 Å². The molecule has 4 heterocycles. The van der Waals surface area contributed by atoms with Crippen molar-refractivity contribution in [3.8, 4) is 5.75 Å². The summed E-state index contributed by atoms with van der Waals surface area (Å²) in [5.41, 5.74) is -0.897. The van der Waals surface area contributed by atoms with Gasteiger partial charge in [-0.25, -0.2) is 9.29 Å². The van der Waals surface area contributed by atoms with Gasteiger partial charge in [-0.3, -0.25) is 29.4 Å². The van der Waals surface area contributed by atoms with Crippen LogP contribution in [-0.2, 0) is 19.9 Å². The second-order valence-corrected chi connectivity index (χ2v) is 8.94. The van der Waals surface area contributed by atoms with Crippen LogP contribution in [0.5, 0.6) is 5.75 Å². The van der Waals surface area contributed by atoms with Crippen molar-refractivity contribution in [3.05, 3.63) is 57.9 Å². The molecular formula is C23H19FN4O6. The Hall–Kier alpha value is -3.86. The number of ether oxygens (including phenoxy) is 1. The maximum absolute atomic E-state index is 14.3. The molecule has 0 aromatic heterocycles. The highest BCUT2D eigenvalue weighted by atomic mass is 19.1.